The maximum absolute atomic E-state index is 10.9. The van der Waals surface area contributed by atoms with E-state index < -0.39 is 0 Å². The lowest BCUT2D eigenvalue weighted by Gasteiger charge is -2.19. The number of aryl methyl sites for hydroxylation is 2. The molecule has 0 bridgehead atoms. The molecule has 0 fully saturated rings. The van der Waals surface area contributed by atoms with Gasteiger partial charge in [0.25, 0.3) is 5.69 Å². The topological polar surface area (TPSA) is 55.2 Å². The molecular formula is C17H20N2O2. The largest absolute Gasteiger partial charge is 0.378 e. The van der Waals surface area contributed by atoms with E-state index in [2.05, 4.69) is 38.2 Å². The van der Waals surface area contributed by atoms with Crippen LogP contribution in [-0.4, -0.2) is 4.92 Å². The predicted octanol–water partition coefficient (Wildman–Crippen LogP) is 4.77. The molecule has 0 amide bonds. The fourth-order valence-corrected chi connectivity index (χ4v) is 2.31. The Morgan fingerprint density at radius 3 is 2.52 bits per heavy atom. The van der Waals surface area contributed by atoms with Crippen LogP contribution in [0.5, 0.6) is 0 Å². The molecule has 0 aromatic heterocycles. The third-order valence-electron chi connectivity index (χ3n) is 3.74. The van der Waals surface area contributed by atoms with Gasteiger partial charge in [-0.1, -0.05) is 25.1 Å². The van der Waals surface area contributed by atoms with Crippen molar-refractivity contribution in [3.63, 3.8) is 0 Å². The maximum atomic E-state index is 10.9. The molecule has 0 aliphatic heterocycles. The van der Waals surface area contributed by atoms with Crippen LogP contribution in [0.2, 0.25) is 0 Å². The van der Waals surface area contributed by atoms with Gasteiger partial charge in [0.1, 0.15) is 0 Å². The Morgan fingerprint density at radius 1 is 1.14 bits per heavy atom. The fraction of sp³-hybridized carbons (Fsp3) is 0.294. The fourth-order valence-electron chi connectivity index (χ4n) is 2.31. The van der Waals surface area contributed by atoms with Gasteiger partial charge in [-0.05, 0) is 49.1 Å². The van der Waals surface area contributed by atoms with Crippen LogP contribution in [0.4, 0.5) is 11.4 Å². The molecule has 21 heavy (non-hydrogen) atoms. The third kappa shape index (κ3) is 3.60. The molecule has 4 nitrogen and oxygen atoms in total. The Kier molecular flexibility index (Phi) is 4.58. The molecule has 2 aromatic rings. The quantitative estimate of drug-likeness (QED) is 0.635. The molecule has 4 heteroatoms. The Morgan fingerprint density at radius 2 is 1.90 bits per heavy atom. The van der Waals surface area contributed by atoms with Gasteiger partial charge in [0.05, 0.1) is 11.0 Å². The number of hydrogen-bond acceptors (Lipinski definition) is 3. The second kappa shape index (κ2) is 6.39. The van der Waals surface area contributed by atoms with E-state index in [0.717, 1.165) is 17.7 Å². The van der Waals surface area contributed by atoms with Crippen molar-refractivity contribution in [2.75, 3.05) is 5.32 Å². The number of rotatable bonds is 5. The van der Waals surface area contributed by atoms with Crippen molar-refractivity contribution in [3.05, 3.63) is 69.3 Å². The number of benzene rings is 2. The van der Waals surface area contributed by atoms with Crippen molar-refractivity contribution in [2.24, 2.45) is 0 Å². The van der Waals surface area contributed by atoms with Crippen LogP contribution in [0.25, 0.3) is 0 Å². The molecule has 0 aliphatic carbocycles. The average molecular weight is 284 g/mol. The first-order valence-corrected chi connectivity index (χ1v) is 7.09. The summed E-state index contributed by atoms with van der Waals surface area (Å²) in [5.41, 5.74) is 4.59. The summed E-state index contributed by atoms with van der Waals surface area (Å²) in [6.45, 7) is 6.23. The highest BCUT2D eigenvalue weighted by molar-refractivity contribution is 5.50. The lowest BCUT2D eigenvalue weighted by Crippen LogP contribution is -2.10. The van der Waals surface area contributed by atoms with Gasteiger partial charge in [-0.15, -0.1) is 0 Å². The zero-order valence-electron chi connectivity index (χ0n) is 12.6. The second-order valence-corrected chi connectivity index (χ2v) is 5.26. The van der Waals surface area contributed by atoms with Crippen LogP contribution in [0.3, 0.4) is 0 Å². The summed E-state index contributed by atoms with van der Waals surface area (Å²) in [4.78, 5) is 10.5. The van der Waals surface area contributed by atoms with Gasteiger partial charge < -0.3 is 5.32 Å². The van der Waals surface area contributed by atoms with Crippen molar-refractivity contribution in [1.29, 1.82) is 0 Å². The highest BCUT2D eigenvalue weighted by Crippen LogP contribution is 2.26. The molecule has 2 rings (SSSR count). The normalized spacial score (nSPS) is 12.0. The van der Waals surface area contributed by atoms with E-state index in [4.69, 9.17) is 0 Å². The molecular weight excluding hydrogens is 264 g/mol. The van der Waals surface area contributed by atoms with Crippen LogP contribution in [0, 0.1) is 24.0 Å². The molecule has 2 aromatic carbocycles. The molecule has 1 N–H and O–H groups in total. The molecule has 0 saturated heterocycles. The zero-order chi connectivity index (χ0) is 15.4. The standard InChI is InChI=1S/C17H20N2O2/c1-4-17(14-6-5-7-16(11-14)19(20)21)18-15-9-8-12(2)13(3)10-15/h5-11,17-18H,4H2,1-3H3. The van der Waals surface area contributed by atoms with Gasteiger partial charge in [0.15, 0.2) is 0 Å². The van der Waals surface area contributed by atoms with Crippen molar-refractivity contribution in [3.8, 4) is 0 Å². The van der Waals surface area contributed by atoms with E-state index in [-0.39, 0.29) is 16.7 Å². The lowest BCUT2D eigenvalue weighted by atomic mass is 10.0. The first-order valence-electron chi connectivity index (χ1n) is 7.09. The first-order chi connectivity index (χ1) is 10.0. The molecule has 0 spiro atoms. The van der Waals surface area contributed by atoms with E-state index >= 15 is 0 Å². The van der Waals surface area contributed by atoms with E-state index in [1.807, 2.05) is 12.1 Å². The summed E-state index contributed by atoms with van der Waals surface area (Å²) >= 11 is 0. The summed E-state index contributed by atoms with van der Waals surface area (Å²) in [6.07, 6.45) is 0.855. The van der Waals surface area contributed by atoms with E-state index in [1.54, 1.807) is 12.1 Å². The number of nitro groups is 1. The second-order valence-electron chi connectivity index (χ2n) is 5.26. The molecule has 0 aliphatic rings. The SMILES string of the molecule is CCC(Nc1ccc(C)c(C)c1)c1cccc([N+](=O)[O-])c1. The number of nitrogens with one attached hydrogen (secondary N) is 1. The minimum atomic E-state index is -0.355. The Bertz CT molecular complexity index is 653. The summed E-state index contributed by atoms with van der Waals surface area (Å²) in [5, 5.41) is 14.3. The molecule has 0 radical (unpaired) electrons. The summed E-state index contributed by atoms with van der Waals surface area (Å²) in [7, 11) is 0. The van der Waals surface area contributed by atoms with Crippen LogP contribution in [0.1, 0.15) is 36.1 Å². The van der Waals surface area contributed by atoms with Crippen molar-refractivity contribution in [2.45, 2.75) is 33.2 Å². The van der Waals surface area contributed by atoms with Gasteiger partial charge in [0.2, 0.25) is 0 Å². The average Bonchev–Trinajstić information content (AvgIpc) is 2.48. The van der Waals surface area contributed by atoms with Crippen LogP contribution < -0.4 is 5.32 Å². The Labute approximate surface area is 125 Å². The zero-order valence-corrected chi connectivity index (χ0v) is 12.6. The van der Waals surface area contributed by atoms with Crippen LogP contribution >= 0.6 is 0 Å². The number of anilines is 1. The summed E-state index contributed by atoms with van der Waals surface area (Å²) in [5.74, 6) is 0. The highest BCUT2D eigenvalue weighted by Gasteiger charge is 2.13. The minimum absolute atomic E-state index is 0.0620. The summed E-state index contributed by atoms with van der Waals surface area (Å²) in [6, 6.07) is 13.1. The van der Waals surface area contributed by atoms with E-state index in [0.29, 0.717) is 0 Å². The van der Waals surface area contributed by atoms with Gasteiger partial charge in [0, 0.05) is 17.8 Å². The van der Waals surface area contributed by atoms with Crippen molar-refractivity contribution in [1.82, 2.24) is 0 Å². The van der Waals surface area contributed by atoms with Crippen molar-refractivity contribution < 1.29 is 4.92 Å². The van der Waals surface area contributed by atoms with E-state index in [1.165, 1.54) is 17.2 Å². The van der Waals surface area contributed by atoms with Gasteiger partial charge in [-0.3, -0.25) is 10.1 Å². The minimum Gasteiger partial charge on any atom is -0.378 e. The number of nitrogens with zero attached hydrogens (tertiary/aromatic N) is 1. The highest BCUT2D eigenvalue weighted by atomic mass is 16.6. The molecule has 110 valence electrons. The molecule has 1 unspecified atom stereocenters. The molecule has 1 atom stereocenters. The Balaban J connectivity index is 2.25. The van der Waals surface area contributed by atoms with Crippen LogP contribution in [-0.2, 0) is 0 Å². The number of non-ortho nitro benzene ring substituents is 1. The van der Waals surface area contributed by atoms with Crippen molar-refractivity contribution >= 4 is 11.4 Å². The van der Waals surface area contributed by atoms with E-state index in [9.17, 15) is 10.1 Å². The third-order valence-corrected chi connectivity index (χ3v) is 3.74. The van der Waals surface area contributed by atoms with Gasteiger partial charge in [-0.2, -0.15) is 0 Å². The number of hydrogen-bond donors (Lipinski definition) is 1. The molecule has 0 saturated carbocycles. The smallest absolute Gasteiger partial charge is 0.269 e. The monoisotopic (exact) mass is 284 g/mol. The number of nitro benzene ring substituents is 1. The predicted molar refractivity (Wildman–Crippen MR) is 85.7 cm³/mol. The Hall–Kier alpha value is -2.36. The van der Waals surface area contributed by atoms with Gasteiger partial charge >= 0.3 is 0 Å². The van der Waals surface area contributed by atoms with Gasteiger partial charge in [-0.25, -0.2) is 0 Å². The first kappa shape index (κ1) is 15.0. The summed E-state index contributed by atoms with van der Waals surface area (Å²) < 4.78 is 0. The lowest BCUT2D eigenvalue weighted by molar-refractivity contribution is -0.384. The molecule has 0 heterocycles. The van der Waals surface area contributed by atoms with Crippen LogP contribution in [0.15, 0.2) is 42.5 Å². The maximum Gasteiger partial charge on any atom is 0.269 e.